The first kappa shape index (κ1) is 18.7. The smallest absolute Gasteiger partial charge is 0.252 e. The Labute approximate surface area is 136 Å². The number of halogens is 1. The highest BCUT2D eigenvalue weighted by Gasteiger charge is 2.11. The number of hydrogen-bond acceptors (Lipinski definition) is 4. The van der Waals surface area contributed by atoms with Crippen LogP contribution in [0.2, 0.25) is 5.02 Å². The summed E-state index contributed by atoms with van der Waals surface area (Å²) in [5.41, 5.74) is 0.611. The Hall–Kier alpha value is -1.31. The van der Waals surface area contributed by atoms with Crippen molar-refractivity contribution in [3.63, 3.8) is 0 Å². The molecule has 0 aromatic heterocycles. The molecule has 0 saturated heterocycles. The van der Waals surface area contributed by atoms with Gasteiger partial charge < -0.3 is 10.1 Å². The van der Waals surface area contributed by atoms with E-state index in [-0.39, 0.29) is 17.0 Å². The van der Waals surface area contributed by atoms with Gasteiger partial charge in [0, 0.05) is 18.8 Å². The number of carbonyl (C=O) groups is 1. The third-order valence-corrected chi connectivity index (χ3v) is 3.49. The molecule has 0 fully saturated rings. The maximum atomic E-state index is 12.0. The molecule has 1 aromatic rings. The van der Waals surface area contributed by atoms with E-state index in [0.29, 0.717) is 30.8 Å². The monoisotopic (exact) mass is 348 g/mol. The van der Waals surface area contributed by atoms with Crippen LogP contribution in [-0.4, -0.2) is 39.8 Å². The van der Waals surface area contributed by atoms with Gasteiger partial charge in [0.25, 0.3) is 5.91 Å². The summed E-state index contributed by atoms with van der Waals surface area (Å²) < 4.78 is 29.9. The minimum absolute atomic E-state index is 0.167. The number of nitrogens with one attached hydrogen (secondary N) is 2. The Balaban J connectivity index is 2.56. The lowest BCUT2D eigenvalue weighted by Gasteiger charge is -2.10. The van der Waals surface area contributed by atoms with Crippen molar-refractivity contribution in [3.8, 4) is 0 Å². The highest BCUT2D eigenvalue weighted by atomic mass is 35.5. The number of carbonyl (C=O) groups excluding carboxylic acids is 1. The molecular weight excluding hydrogens is 328 g/mol. The average Bonchev–Trinajstić information content (AvgIpc) is 2.35. The van der Waals surface area contributed by atoms with E-state index in [2.05, 4.69) is 10.0 Å². The molecule has 0 unspecified atom stereocenters. The largest absolute Gasteiger partial charge is 0.379 e. The zero-order valence-corrected chi connectivity index (χ0v) is 14.4. The van der Waals surface area contributed by atoms with Crippen LogP contribution in [0.5, 0.6) is 0 Å². The van der Waals surface area contributed by atoms with E-state index in [1.54, 1.807) is 0 Å². The maximum Gasteiger partial charge on any atom is 0.252 e. The third kappa shape index (κ3) is 7.11. The number of ether oxygens (including phenoxy) is 1. The van der Waals surface area contributed by atoms with Gasteiger partial charge in [-0.15, -0.1) is 0 Å². The summed E-state index contributed by atoms with van der Waals surface area (Å²) >= 11 is 6.01. The lowest BCUT2D eigenvalue weighted by atomic mass is 10.2. The first-order valence-corrected chi connectivity index (χ1v) is 9.13. The van der Waals surface area contributed by atoms with Gasteiger partial charge in [-0.2, -0.15) is 0 Å². The Kier molecular flexibility index (Phi) is 7.12. The molecule has 0 aliphatic rings. The molecular formula is C14H21ClN2O4S. The molecule has 2 N–H and O–H groups in total. The van der Waals surface area contributed by atoms with Gasteiger partial charge in [-0.1, -0.05) is 11.6 Å². The van der Waals surface area contributed by atoms with Crippen LogP contribution < -0.4 is 10.0 Å². The van der Waals surface area contributed by atoms with Gasteiger partial charge in [0.05, 0.1) is 22.9 Å². The lowest BCUT2D eigenvalue weighted by Crippen LogP contribution is -2.26. The Morgan fingerprint density at radius 2 is 2.05 bits per heavy atom. The van der Waals surface area contributed by atoms with Crippen LogP contribution in [-0.2, 0) is 14.8 Å². The molecule has 1 amide bonds. The minimum Gasteiger partial charge on any atom is -0.379 e. The maximum absolute atomic E-state index is 12.0. The van der Waals surface area contributed by atoms with Crippen LogP contribution in [0.4, 0.5) is 5.69 Å². The van der Waals surface area contributed by atoms with Gasteiger partial charge in [-0.05, 0) is 38.5 Å². The van der Waals surface area contributed by atoms with Crippen LogP contribution in [0.1, 0.15) is 30.6 Å². The molecule has 8 heteroatoms. The number of rotatable bonds is 8. The number of amides is 1. The quantitative estimate of drug-likeness (QED) is 0.706. The van der Waals surface area contributed by atoms with Gasteiger partial charge in [0.1, 0.15) is 0 Å². The number of sulfonamides is 1. The van der Waals surface area contributed by atoms with Crippen molar-refractivity contribution in [1.29, 1.82) is 0 Å². The summed E-state index contributed by atoms with van der Waals surface area (Å²) in [6.45, 7) is 4.95. The third-order valence-electron chi connectivity index (χ3n) is 2.57. The van der Waals surface area contributed by atoms with E-state index in [9.17, 15) is 13.2 Å². The van der Waals surface area contributed by atoms with Crippen LogP contribution in [0.25, 0.3) is 0 Å². The van der Waals surface area contributed by atoms with E-state index in [0.717, 1.165) is 6.26 Å². The topological polar surface area (TPSA) is 84.5 Å². The van der Waals surface area contributed by atoms with Gasteiger partial charge in [-0.25, -0.2) is 8.42 Å². The summed E-state index contributed by atoms with van der Waals surface area (Å²) in [6, 6.07) is 4.37. The highest BCUT2D eigenvalue weighted by Crippen LogP contribution is 2.21. The van der Waals surface area contributed by atoms with E-state index < -0.39 is 10.0 Å². The molecule has 6 nitrogen and oxygen atoms in total. The Morgan fingerprint density at radius 1 is 1.36 bits per heavy atom. The summed E-state index contributed by atoms with van der Waals surface area (Å²) in [7, 11) is -3.38. The zero-order chi connectivity index (χ0) is 16.8. The SMILES string of the molecule is CC(C)OCCCNC(=O)c1ccc(NS(C)(=O)=O)cc1Cl. The number of hydrogen-bond donors (Lipinski definition) is 2. The first-order chi connectivity index (χ1) is 10.2. The predicted molar refractivity (Wildman–Crippen MR) is 88.0 cm³/mol. The van der Waals surface area contributed by atoms with E-state index >= 15 is 0 Å². The van der Waals surface area contributed by atoms with Crippen molar-refractivity contribution in [2.45, 2.75) is 26.4 Å². The van der Waals surface area contributed by atoms with Crippen LogP contribution in [0.3, 0.4) is 0 Å². The fourth-order valence-corrected chi connectivity index (χ4v) is 2.49. The lowest BCUT2D eigenvalue weighted by molar-refractivity contribution is 0.0757. The molecule has 0 bridgehead atoms. The second-order valence-corrected chi connectivity index (χ2v) is 7.25. The molecule has 0 spiro atoms. The summed E-state index contributed by atoms with van der Waals surface area (Å²) in [5, 5.41) is 2.92. The van der Waals surface area contributed by atoms with Gasteiger partial charge in [-0.3, -0.25) is 9.52 Å². The van der Waals surface area contributed by atoms with Gasteiger partial charge in [0.15, 0.2) is 0 Å². The molecule has 0 saturated carbocycles. The molecule has 1 rings (SSSR count). The Bertz CT molecular complexity index is 617. The molecule has 1 aromatic carbocycles. The highest BCUT2D eigenvalue weighted by molar-refractivity contribution is 7.92. The Morgan fingerprint density at radius 3 is 2.59 bits per heavy atom. The van der Waals surface area contributed by atoms with Crippen LogP contribution in [0, 0.1) is 0 Å². The number of anilines is 1. The van der Waals surface area contributed by atoms with Crippen LogP contribution in [0.15, 0.2) is 18.2 Å². The second-order valence-electron chi connectivity index (χ2n) is 5.10. The molecule has 0 aliphatic carbocycles. The van der Waals surface area contributed by atoms with E-state index in [1.807, 2.05) is 13.8 Å². The molecule has 0 aliphatic heterocycles. The van der Waals surface area contributed by atoms with Crippen molar-refractivity contribution in [3.05, 3.63) is 28.8 Å². The molecule has 0 heterocycles. The van der Waals surface area contributed by atoms with E-state index in [1.165, 1.54) is 18.2 Å². The fraction of sp³-hybridized carbons (Fsp3) is 0.500. The predicted octanol–water partition coefficient (Wildman–Crippen LogP) is 2.26. The fourth-order valence-electron chi connectivity index (χ4n) is 1.67. The first-order valence-electron chi connectivity index (χ1n) is 6.86. The molecule has 0 atom stereocenters. The minimum atomic E-state index is -3.38. The standard InChI is InChI=1S/C14H21ClN2O4S/c1-10(2)21-8-4-7-16-14(18)12-6-5-11(9-13(12)15)17-22(3,19)20/h5-6,9-10,17H,4,7-8H2,1-3H3,(H,16,18). The zero-order valence-electron chi connectivity index (χ0n) is 12.8. The van der Waals surface area contributed by atoms with Crippen molar-refractivity contribution in [2.24, 2.45) is 0 Å². The van der Waals surface area contributed by atoms with Crippen molar-refractivity contribution in [1.82, 2.24) is 5.32 Å². The second kappa shape index (κ2) is 8.36. The van der Waals surface area contributed by atoms with Gasteiger partial charge in [0.2, 0.25) is 10.0 Å². The van der Waals surface area contributed by atoms with Gasteiger partial charge >= 0.3 is 0 Å². The number of benzene rings is 1. The van der Waals surface area contributed by atoms with Crippen molar-refractivity contribution in [2.75, 3.05) is 24.1 Å². The van der Waals surface area contributed by atoms with Crippen molar-refractivity contribution < 1.29 is 17.9 Å². The summed E-state index contributed by atoms with van der Waals surface area (Å²) in [4.78, 5) is 12.0. The normalized spacial score (nSPS) is 11.5. The van der Waals surface area contributed by atoms with E-state index in [4.69, 9.17) is 16.3 Å². The average molecular weight is 349 g/mol. The summed E-state index contributed by atoms with van der Waals surface area (Å²) in [6.07, 6.45) is 1.91. The summed E-state index contributed by atoms with van der Waals surface area (Å²) in [5.74, 6) is -0.305. The molecule has 0 radical (unpaired) electrons. The molecule has 124 valence electrons. The molecule has 22 heavy (non-hydrogen) atoms. The van der Waals surface area contributed by atoms with Crippen molar-refractivity contribution >= 4 is 33.2 Å². The van der Waals surface area contributed by atoms with Crippen LogP contribution >= 0.6 is 11.6 Å².